The van der Waals surface area contributed by atoms with Crippen molar-refractivity contribution in [3.05, 3.63) is 83.4 Å². The Morgan fingerprint density at radius 2 is 1.69 bits per heavy atom. The first-order chi connectivity index (χ1) is 16.8. The van der Waals surface area contributed by atoms with Gasteiger partial charge >= 0.3 is 5.97 Å². The second-order valence-corrected chi connectivity index (χ2v) is 9.30. The van der Waals surface area contributed by atoms with Crippen molar-refractivity contribution in [1.82, 2.24) is 10.0 Å². The van der Waals surface area contributed by atoms with Gasteiger partial charge in [-0.15, -0.1) is 0 Å². The molecule has 3 aromatic rings. The summed E-state index contributed by atoms with van der Waals surface area (Å²) in [6.45, 7) is -0.266. The van der Waals surface area contributed by atoms with Crippen LogP contribution in [0.5, 0.6) is 17.2 Å². The number of rotatable bonds is 9. The summed E-state index contributed by atoms with van der Waals surface area (Å²) < 4.78 is 43.1. The zero-order valence-corrected chi connectivity index (χ0v) is 19.2. The fourth-order valence-electron chi connectivity index (χ4n) is 3.21. The molecule has 1 amide bonds. The van der Waals surface area contributed by atoms with Gasteiger partial charge in [0.2, 0.25) is 16.8 Å². The molecule has 0 unspecified atom stereocenters. The van der Waals surface area contributed by atoms with E-state index in [9.17, 15) is 23.1 Å². The van der Waals surface area contributed by atoms with Crippen LogP contribution in [0.3, 0.4) is 0 Å². The van der Waals surface area contributed by atoms with Gasteiger partial charge < -0.3 is 24.6 Å². The number of ether oxygens (including phenoxy) is 3. The van der Waals surface area contributed by atoms with Crippen molar-refractivity contribution in [2.75, 3.05) is 13.4 Å². The highest BCUT2D eigenvalue weighted by atomic mass is 32.2. The number of hydrogen-bond acceptors (Lipinski definition) is 8. The third-order valence-corrected chi connectivity index (χ3v) is 6.47. The summed E-state index contributed by atoms with van der Waals surface area (Å²) in [6.07, 6.45) is 0. The number of benzene rings is 3. The Hall–Kier alpha value is -4.09. The van der Waals surface area contributed by atoms with Crippen molar-refractivity contribution in [3.8, 4) is 17.2 Å². The lowest BCUT2D eigenvalue weighted by Crippen LogP contribution is -2.28. The molecule has 3 N–H and O–H groups in total. The fraction of sp³-hybridized carbons (Fsp3) is 0.167. The second kappa shape index (κ2) is 10.5. The molecule has 182 valence electrons. The molecule has 0 aromatic heterocycles. The van der Waals surface area contributed by atoms with Gasteiger partial charge in [-0.05, 0) is 41.5 Å². The smallest absolute Gasteiger partial charge is 0.342 e. The van der Waals surface area contributed by atoms with Crippen LogP contribution in [-0.4, -0.2) is 38.8 Å². The molecule has 1 aliphatic heterocycles. The van der Waals surface area contributed by atoms with Crippen molar-refractivity contribution in [2.45, 2.75) is 18.0 Å². The van der Waals surface area contributed by atoms with Gasteiger partial charge in [-0.2, -0.15) is 0 Å². The van der Waals surface area contributed by atoms with Crippen LogP contribution in [0.4, 0.5) is 0 Å². The zero-order valence-electron chi connectivity index (χ0n) is 18.4. The van der Waals surface area contributed by atoms with E-state index in [4.69, 9.17) is 14.2 Å². The Balaban J connectivity index is 1.33. The lowest BCUT2D eigenvalue weighted by molar-refractivity contribution is -0.124. The molecular formula is C24H22N2O8S. The van der Waals surface area contributed by atoms with Crippen molar-refractivity contribution >= 4 is 21.9 Å². The molecule has 11 heteroatoms. The summed E-state index contributed by atoms with van der Waals surface area (Å²) in [5.41, 5.74) is 1.13. The average molecular weight is 499 g/mol. The highest BCUT2D eigenvalue weighted by Gasteiger charge is 2.21. The molecule has 0 radical (unpaired) electrons. The molecule has 10 nitrogen and oxygen atoms in total. The van der Waals surface area contributed by atoms with Gasteiger partial charge in [0.15, 0.2) is 18.1 Å². The van der Waals surface area contributed by atoms with Gasteiger partial charge in [-0.25, -0.2) is 17.9 Å². The van der Waals surface area contributed by atoms with Crippen LogP contribution < -0.4 is 19.5 Å². The third kappa shape index (κ3) is 6.08. The first-order valence-corrected chi connectivity index (χ1v) is 12.0. The summed E-state index contributed by atoms with van der Waals surface area (Å²) in [5.74, 6) is -0.900. The van der Waals surface area contributed by atoms with Gasteiger partial charge in [0.05, 0.1) is 4.90 Å². The molecule has 0 atom stereocenters. The summed E-state index contributed by atoms with van der Waals surface area (Å²) in [7, 11) is -3.97. The zero-order chi connectivity index (χ0) is 24.8. The van der Waals surface area contributed by atoms with E-state index in [0.717, 1.165) is 29.3 Å². The summed E-state index contributed by atoms with van der Waals surface area (Å²) >= 11 is 0. The van der Waals surface area contributed by atoms with Crippen molar-refractivity contribution in [1.29, 1.82) is 0 Å². The predicted molar refractivity (Wildman–Crippen MR) is 123 cm³/mol. The predicted octanol–water partition coefficient (Wildman–Crippen LogP) is 2.07. The van der Waals surface area contributed by atoms with Crippen LogP contribution in [0.15, 0.2) is 71.6 Å². The number of hydrogen-bond donors (Lipinski definition) is 3. The molecule has 35 heavy (non-hydrogen) atoms. The quantitative estimate of drug-likeness (QED) is 0.381. The Morgan fingerprint density at radius 1 is 0.914 bits per heavy atom. The number of aromatic hydroxyl groups is 1. The topological polar surface area (TPSA) is 140 Å². The number of sulfonamides is 1. The van der Waals surface area contributed by atoms with Crippen molar-refractivity contribution in [3.63, 3.8) is 0 Å². The molecule has 0 spiro atoms. The first-order valence-electron chi connectivity index (χ1n) is 10.5. The minimum absolute atomic E-state index is 0.0490. The summed E-state index contributed by atoms with van der Waals surface area (Å²) in [6, 6.07) is 17.4. The lowest BCUT2D eigenvalue weighted by Gasteiger charge is -2.11. The minimum Gasteiger partial charge on any atom is -0.507 e. The molecule has 0 aliphatic carbocycles. The van der Waals surface area contributed by atoms with E-state index in [2.05, 4.69) is 10.0 Å². The van der Waals surface area contributed by atoms with E-state index in [1.807, 2.05) is 6.07 Å². The number of phenols is 1. The number of nitrogens with one attached hydrogen (secondary N) is 2. The third-order valence-electron chi connectivity index (χ3n) is 5.07. The maximum absolute atomic E-state index is 12.6. The van der Waals surface area contributed by atoms with Gasteiger partial charge in [0.1, 0.15) is 11.3 Å². The van der Waals surface area contributed by atoms with E-state index in [0.29, 0.717) is 11.5 Å². The van der Waals surface area contributed by atoms with Crippen LogP contribution in [0.1, 0.15) is 21.5 Å². The van der Waals surface area contributed by atoms with E-state index in [1.165, 1.54) is 0 Å². The number of fused-ring (bicyclic) bond motifs is 1. The van der Waals surface area contributed by atoms with Crippen LogP contribution in [-0.2, 0) is 32.6 Å². The molecule has 3 aromatic carbocycles. The number of esters is 1. The lowest BCUT2D eigenvalue weighted by atomic mass is 10.2. The second-order valence-electron chi connectivity index (χ2n) is 7.53. The summed E-state index contributed by atoms with van der Waals surface area (Å²) in [4.78, 5) is 24.3. The van der Waals surface area contributed by atoms with Crippen molar-refractivity contribution in [2.24, 2.45) is 0 Å². The van der Waals surface area contributed by atoms with Gasteiger partial charge in [-0.3, -0.25) is 4.79 Å². The maximum Gasteiger partial charge on any atom is 0.342 e. The molecule has 0 saturated carbocycles. The number of amides is 1. The average Bonchev–Trinajstić information content (AvgIpc) is 3.33. The Kier molecular flexibility index (Phi) is 7.18. The molecular weight excluding hydrogens is 476 g/mol. The molecule has 0 bridgehead atoms. The van der Waals surface area contributed by atoms with E-state index >= 15 is 0 Å². The molecule has 1 heterocycles. The fourth-order valence-corrected chi connectivity index (χ4v) is 4.26. The van der Waals surface area contributed by atoms with Crippen LogP contribution >= 0.6 is 0 Å². The highest BCUT2D eigenvalue weighted by molar-refractivity contribution is 7.89. The highest BCUT2D eigenvalue weighted by Crippen LogP contribution is 2.32. The van der Waals surface area contributed by atoms with Crippen molar-refractivity contribution < 1.29 is 37.3 Å². The van der Waals surface area contributed by atoms with Crippen LogP contribution in [0.25, 0.3) is 0 Å². The monoisotopic (exact) mass is 498 g/mol. The van der Waals surface area contributed by atoms with E-state index in [1.54, 1.807) is 42.5 Å². The first kappa shape index (κ1) is 24.0. The number of carbonyl (C=O) groups excluding carboxylic acids is 2. The molecule has 4 rings (SSSR count). The molecule has 0 fully saturated rings. The molecule has 0 saturated heterocycles. The molecule has 1 aliphatic rings. The SMILES string of the molecule is O=C(COC(=O)c1cc(S(=O)(=O)NCc2ccccc2)ccc1O)NCc1ccc2c(c1)OCO2. The van der Waals surface area contributed by atoms with E-state index in [-0.39, 0.29) is 30.3 Å². The van der Waals surface area contributed by atoms with Gasteiger partial charge in [-0.1, -0.05) is 36.4 Å². The van der Waals surface area contributed by atoms with E-state index < -0.39 is 34.3 Å². The number of carbonyl (C=O) groups is 2. The minimum atomic E-state index is -3.97. The normalized spacial score (nSPS) is 12.2. The maximum atomic E-state index is 12.6. The summed E-state index contributed by atoms with van der Waals surface area (Å²) in [5, 5.41) is 12.6. The standard InChI is InChI=1S/C24H22N2O8S/c27-20-8-7-18(35(30,31)26-13-16-4-2-1-3-5-16)11-19(20)24(29)32-14-23(28)25-12-17-6-9-21-22(10-17)34-15-33-21/h1-11,26-27H,12-15H2,(H,25,28). The Bertz CT molecular complexity index is 1340. The van der Waals surface area contributed by atoms with Gasteiger partial charge in [0, 0.05) is 13.1 Å². The van der Waals surface area contributed by atoms with Crippen LogP contribution in [0, 0.1) is 0 Å². The Morgan fingerprint density at radius 3 is 2.49 bits per heavy atom. The largest absolute Gasteiger partial charge is 0.507 e. The van der Waals surface area contributed by atoms with Crippen LogP contribution in [0.2, 0.25) is 0 Å². The van der Waals surface area contributed by atoms with Gasteiger partial charge in [0.25, 0.3) is 5.91 Å². The Labute approximate surface area is 201 Å². The number of phenolic OH excluding ortho intramolecular Hbond substituents is 1.